The van der Waals surface area contributed by atoms with Crippen molar-refractivity contribution in [2.45, 2.75) is 32.1 Å². The zero-order chi connectivity index (χ0) is 14.1. The predicted octanol–water partition coefficient (Wildman–Crippen LogP) is 1.63. The first-order valence-electron chi connectivity index (χ1n) is 7.00. The van der Waals surface area contributed by atoms with Crippen LogP contribution >= 0.6 is 0 Å². The summed E-state index contributed by atoms with van der Waals surface area (Å²) in [6.45, 7) is 2.76. The highest BCUT2D eigenvalue weighted by Gasteiger charge is 2.27. The number of nitrogens with zero attached hydrogens (tertiary/aromatic N) is 4. The van der Waals surface area contributed by atoms with Gasteiger partial charge in [0, 0.05) is 43.4 Å². The lowest BCUT2D eigenvalue weighted by Gasteiger charge is -2.12. The zero-order valence-electron chi connectivity index (χ0n) is 11.9. The Labute approximate surface area is 118 Å². The summed E-state index contributed by atoms with van der Waals surface area (Å²) in [6.07, 6.45) is 5.07. The molecular weight excluding hydrogens is 252 g/mol. The SMILES string of the molecule is Cc1c(N)nc(C2CC2)nc1NCCc1ccnn1C. The van der Waals surface area contributed by atoms with Crippen LogP contribution in [0, 0.1) is 6.92 Å². The molecule has 0 spiro atoms. The van der Waals surface area contributed by atoms with E-state index in [9.17, 15) is 0 Å². The zero-order valence-corrected chi connectivity index (χ0v) is 11.9. The van der Waals surface area contributed by atoms with Crippen molar-refractivity contribution in [3.8, 4) is 0 Å². The van der Waals surface area contributed by atoms with Crippen LogP contribution in [0.15, 0.2) is 12.3 Å². The number of hydrogen-bond acceptors (Lipinski definition) is 5. The van der Waals surface area contributed by atoms with Crippen LogP contribution in [0.1, 0.15) is 35.8 Å². The van der Waals surface area contributed by atoms with Gasteiger partial charge in [-0.1, -0.05) is 0 Å². The van der Waals surface area contributed by atoms with E-state index in [0.29, 0.717) is 11.7 Å². The average Bonchev–Trinajstić information content (AvgIpc) is 3.19. The van der Waals surface area contributed by atoms with E-state index < -0.39 is 0 Å². The molecule has 3 rings (SSSR count). The lowest BCUT2D eigenvalue weighted by molar-refractivity contribution is 0.710. The van der Waals surface area contributed by atoms with E-state index in [-0.39, 0.29) is 0 Å². The molecule has 1 saturated carbocycles. The molecule has 0 amide bonds. The van der Waals surface area contributed by atoms with Crippen molar-refractivity contribution >= 4 is 11.6 Å². The Bertz CT molecular complexity index is 614. The highest BCUT2D eigenvalue weighted by Crippen LogP contribution is 2.39. The fraction of sp³-hybridized carbons (Fsp3) is 0.500. The molecule has 106 valence electrons. The first-order chi connectivity index (χ1) is 9.65. The van der Waals surface area contributed by atoms with Gasteiger partial charge in [-0.25, -0.2) is 9.97 Å². The molecule has 0 aliphatic heterocycles. The van der Waals surface area contributed by atoms with Crippen molar-refractivity contribution in [2.24, 2.45) is 7.05 Å². The summed E-state index contributed by atoms with van der Waals surface area (Å²) >= 11 is 0. The van der Waals surface area contributed by atoms with Crippen molar-refractivity contribution in [2.75, 3.05) is 17.6 Å². The number of hydrogen-bond donors (Lipinski definition) is 2. The number of nitrogen functional groups attached to an aromatic ring is 1. The van der Waals surface area contributed by atoms with Crippen molar-refractivity contribution in [3.05, 3.63) is 29.3 Å². The Kier molecular flexibility index (Phi) is 3.30. The van der Waals surface area contributed by atoms with E-state index in [1.165, 1.54) is 18.5 Å². The molecule has 2 aromatic heterocycles. The Hall–Kier alpha value is -2.11. The molecule has 6 nitrogen and oxygen atoms in total. The fourth-order valence-corrected chi connectivity index (χ4v) is 2.20. The summed E-state index contributed by atoms with van der Waals surface area (Å²) in [6, 6.07) is 2.03. The molecule has 0 radical (unpaired) electrons. The first kappa shape index (κ1) is 12.9. The van der Waals surface area contributed by atoms with Gasteiger partial charge in [-0.3, -0.25) is 4.68 Å². The number of aryl methyl sites for hydroxylation is 1. The van der Waals surface area contributed by atoms with E-state index in [4.69, 9.17) is 5.73 Å². The maximum absolute atomic E-state index is 5.97. The minimum absolute atomic E-state index is 0.510. The van der Waals surface area contributed by atoms with Crippen LogP contribution in [0.25, 0.3) is 0 Å². The summed E-state index contributed by atoms with van der Waals surface area (Å²) in [5.74, 6) is 2.85. The minimum atomic E-state index is 0.510. The van der Waals surface area contributed by atoms with Gasteiger partial charge in [0.15, 0.2) is 0 Å². The molecule has 0 saturated heterocycles. The third-order valence-corrected chi connectivity index (χ3v) is 3.74. The third kappa shape index (κ3) is 2.59. The van der Waals surface area contributed by atoms with Crippen molar-refractivity contribution < 1.29 is 0 Å². The first-order valence-corrected chi connectivity index (χ1v) is 7.00. The standard InChI is InChI=1S/C14H20N6/c1-9-12(15)18-14(10-3-4-10)19-13(9)16-7-5-11-6-8-17-20(11)2/h6,8,10H,3-5,7H2,1-2H3,(H3,15,16,18,19). The molecule has 1 aliphatic rings. The summed E-state index contributed by atoms with van der Waals surface area (Å²) in [5.41, 5.74) is 8.10. The Morgan fingerprint density at radius 2 is 2.20 bits per heavy atom. The van der Waals surface area contributed by atoms with Crippen LogP contribution in [0.4, 0.5) is 11.6 Å². The second-order valence-electron chi connectivity index (χ2n) is 5.34. The van der Waals surface area contributed by atoms with Crippen LogP contribution in [-0.4, -0.2) is 26.3 Å². The summed E-state index contributed by atoms with van der Waals surface area (Å²) < 4.78 is 1.89. The number of rotatable bonds is 5. The van der Waals surface area contributed by atoms with Crippen LogP contribution in [0.5, 0.6) is 0 Å². The van der Waals surface area contributed by atoms with E-state index in [1.54, 1.807) is 0 Å². The summed E-state index contributed by atoms with van der Waals surface area (Å²) in [4.78, 5) is 8.99. The molecule has 1 fully saturated rings. The molecule has 0 unspecified atom stereocenters. The molecule has 20 heavy (non-hydrogen) atoms. The van der Waals surface area contributed by atoms with Crippen LogP contribution in [-0.2, 0) is 13.5 Å². The molecule has 1 aliphatic carbocycles. The van der Waals surface area contributed by atoms with Gasteiger partial charge in [-0.05, 0) is 25.8 Å². The van der Waals surface area contributed by atoms with Crippen LogP contribution < -0.4 is 11.1 Å². The van der Waals surface area contributed by atoms with E-state index >= 15 is 0 Å². The summed E-state index contributed by atoms with van der Waals surface area (Å²) in [7, 11) is 1.95. The van der Waals surface area contributed by atoms with Gasteiger partial charge < -0.3 is 11.1 Å². The quantitative estimate of drug-likeness (QED) is 0.864. The van der Waals surface area contributed by atoms with Gasteiger partial charge in [-0.2, -0.15) is 5.10 Å². The maximum atomic E-state index is 5.97. The molecule has 6 heteroatoms. The molecule has 2 heterocycles. The smallest absolute Gasteiger partial charge is 0.136 e. The highest BCUT2D eigenvalue weighted by atomic mass is 15.3. The number of aromatic nitrogens is 4. The third-order valence-electron chi connectivity index (χ3n) is 3.74. The Morgan fingerprint density at radius 3 is 2.85 bits per heavy atom. The van der Waals surface area contributed by atoms with Crippen LogP contribution in [0.2, 0.25) is 0 Å². The normalized spacial score (nSPS) is 14.5. The summed E-state index contributed by atoms with van der Waals surface area (Å²) in [5, 5.41) is 7.53. The molecule has 2 aromatic rings. The Morgan fingerprint density at radius 1 is 1.40 bits per heavy atom. The van der Waals surface area contributed by atoms with Gasteiger partial charge >= 0.3 is 0 Å². The lowest BCUT2D eigenvalue weighted by atomic mass is 10.2. The van der Waals surface area contributed by atoms with E-state index in [2.05, 4.69) is 20.4 Å². The molecule has 0 atom stereocenters. The largest absolute Gasteiger partial charge is 0.383 e. The molecule has 3 N–H and O–H groups in total. The molecular formula is C14H20N6. The lowest BCUT2D eigenvalue weighted by Crippen LogP contribution is -2.13. The number of nitrogens with one attached hydrogen (secondary N) is 1. The van der Waals surface area contributed by atoms with Gasteiger partial charge in [-0.15, -0.1) is 0 Å². The van der Waals surface area contributed by atoms with Crippen LogP contribution in [0.3, 0.4) is 0 Å². The van der Waals surface area contributed by atoms with Gasteiger partial charge in [0.25, 0.3) is 0 Å². The maximum Gasteiger partial charge on any atom is 0.136 e. The molecule has 0 bridgehead atoms. The van der Waals surface area contributed by atoms with E-state index in [0.717, 1.165) is 30.2 Å². The highest BCUT2D eigenvalue weighted by molar-refractivity contribution is 5.55. The number of anilines is 2. The second-order valence-corrected chi connectivity index (χ2v) is 5.34. The van der Waals surface area contributed by atoms with Crippen molar-refractivity contribution in [1.29, 1.82) is 0 Å². The number of nitrogens with two attached hydrogens (primary N) is 1. The second kappa shape index (κ2) is 5.11. The van der Waals surface area contributed by atoms with Gasteiger partial charge in [0.2, 0.25) is 0 Å². The van der Waals surface area contributed by atoms with E-state index in [1.807, 2.05) is 30.9 Å². The topological polar surface area (TPSA) is 81.7 Å². The predicted molar refractivity (Wildman–Crippen MR) is 78.6 cm³/mol. The van der Waals surface area contributed by atoms with Crippen molar-refractivity contribution in [1.82, 2.24) is 19.7 Å². The van der Waals surface area contributed by atoms with Gasteiger partial charge in [0.1, 0.15) is 17.5 Å². The molecule has 0 aromatic carbocycles. The average molecular weight is 272 g/mol. The Balaban J connectivity index is 1.68. The monoisotopic (exact) mass is 272 g/mol. The fourth-order valence-electron chi connectivity index (χ4n) is 2.20. The van der Waals surface area contributed by atoms with Gasteiger partial charge in [0.05, 0.1) is 0 Å². The van der Waals surface area contributed by atoms with Crippen molar-refractivity contribution in [3.63, 3.8) is 0 Å². The minimum Gasteiger partial charge on any atom is -0.383 e.